The van der Waals surface area contributed by atoms with E-state index in [2.05, 4.69) is 47.1 Å². The quantitative estimate of drug-likeness (QED) is 0.524. The Balaban J connectivity index is 0.000000567. The zero-order valence-corrected chi connectivity index (χ0v) is 20.7. The average Bonchev–Trinajstić information content (AvgIpc) is 2.53. The molecule has 2 aromatic rings. The van der Waals surface area contributed by atoms with Gasteiger partial charge in [-0.15, -0.1) is 12.4 Å². The lowest BCUT2D eigenvalue weighted by atomic mass is 10.2. The smallest absolute Gasteiger partial charge is 0.407 e. The van der Waals surface area contributed by atoms with Gasteiger partial charge < -0.3 is 15.8 Å². The molecule has 28 heavy (non-hydrogen) atoms. The topological polar surface area (TPSA) is 90.1 Å². The number of ether oxygens (including phenoxy) is 1. The fourth-order valence-corrected chi connectivity index (χ4v) is 2.80. The molecule has 0 aliphatic heterocycles. The number of aryl methyl sites for hydroxylation is 2. The van der Waals surface area contributed by atoms with Crippen molar-refractivity contribution in [2.24, 2.45) is 5.73 Å². The van der Waals surface area contributed by atoms with Crippen molar-refractivity contribution in [1.29, 1.82) is 0 Å². The number of alkyl carbamates (subject to hydrolysis) is 1. The lowest BCUT2D eigenvalue weighted by Gasteiger charge is -2.19. The average molecular weight is 539 g/mol. The van der Waals surface area contributed by atoms with Gasteiger partial charge in [0.2, 0.25) is 0 Å². The molecule has 6 nitrogen and oxygen atoms in total. The molecular formula is C19H27Br2ClN4O2. The van der Waals surface area contributed by atoms with Crippen LogP contribution in [0, 0.1) is 13.8 Å². The molecule has 9 heteroatoms. The highest BCUT2D eigenvalue weighted by molar-refractivity contribution is 9.10. The number of amides is 1. The predicted octanol–water partition coefficient (Wildman–Crippen LogP) is 5.21. The fourth-order valence-electron chi connectivity index (χ4n) is 2.00. The van der Waals surface area contributed by atoms with E-state index in [0.29, 0.717) is 13.1 Å². The van der Waals surface area contributed by atoms with Crippen LogP contribution in [0.5, 0.6) is 0 Å². The van der Waals surface area contributed by atoms with E-state index in [9.17, 15) is 4.79 Å². The lowest BCUT2D eigenvalue weighted by molar-refractivity contribution is 0.0523. The van der Waals surface area contributed by atoms with Crippen molar-refractivity contribution >= 4 is 50.4 Å². The minimum Gasteiger partial charge on any atom is -0.444 e. The van der Waals surface area contributed by atoms with Crippen molar-refractivity contribution in [2.45, 2.75) is 53.3 Å². The summed E-state index contributed by atoms with van der Waals surface area (Å²) in [7, 11) is 0. The van der Waals surface area contributed by atoms with Gasteiger partial charge in [0, 0.05) is 24.5 Å². The van der Waals surface area contributed by atoms with Gasteiger partial charge in [-0.3, -0.25) is 0 Å². The van der Waals surface area contributed by atoms with Gasteiger partial charge in [-0.2, -0.15) is 0 Å². The van der Waals surface area contributed by atoms with Crippen LogP contribution in [-0.4, -0.2) is 21.7 Å². The molecule has 0 fully saturated rings. The molecular weight excluding hydrogens is 511 g/mol. The minimum absolute atomic E-state index is 0. The first-order valence-corrected chi connectivity index (χ1v) is 10.0. The number of hydrogen-bond acceptors (Lipinski definition) is 5. The molecule has 0 bridgehead atoms. The number of nitrogens with one attached hydrogen (secondary N) is 1. The summed E-state index contributed by atoms with van der Waals surface area (Å²) in [6.45, 7) is 10.3. The predicted molar refractivity (Wildman–Crippen MR) is 122 cm³/mol. The summed E-state index contributed by atoms with van der Waals surface area (Å²) in [5.74, 6) is 0. The third kappa shape index (κ3) is 10.4. The Bertz CT molecular complexity index is 783. The number of carbonyl (C=O) groups is 1. The zero-order chi connectivity index (χ0) is 20.6. The SMILES string of the molecule is Cc1nc(Br)ccc1CN.Cc1nc(Br)ccc1CNC(=O)OC(C)(C)C.Cl. The molecule has 0 aliphatic rings. The molecule has 0 spiro atoms. The van der Waals surface area contributed by atoms with Gasteiger partial charge in [-0.05, 0) is 89.7 Å². The number of pyridine rings is 2. The van der Waals surface area contributed by atoms with Crippen molar-refractivity contribution in [3.05, 3.63) is 56.0 Å². The van der Waals surface area contributed by atoms with Crippen LogP contribution in [-0.2, 0) is 17.8 Å². The van der Waals surface area contributed by atoms with Gasteiger partial charge in [0.1, 0.15) is 14.8 Å². The number of nitrogens with two attached hydrogens (primary N) is 1. The summed E-state index contributed by atoms with van der Waals surface area (Å²) < 4.78 is 6.79. The van der Waals surface area contributed by atoms with Gasteiger partial charge in [-0.25, -0.2) is 14.8 Å². The second-order valence-electron chi connectivity index (χ2n) is 6.82. The number of rotatable bonds is 3. The third-order valence-corrected chi connectivity index (χ3v) is 4.25. The zero-order valence-electron chi connectivity index (χ0n) is 16.7. The first-order chi connectivity index (χ1) is 12.5. The molecule has 2 rings (SSSR count). The van der Waals surface area contributed by atoms with E-state index in [0.717, 1.165) is 31.7 Å². The molecule has 1 amide bonds. The summed E-state index contributed by atoms with van der Waals surface area (Å²) in [4.78, 5) is 19.9. The first-order valence-electron chi connectivity index (χ1n) is 8.43. The number of carbonyl (C=O) groups excluding carboxylic acids is 1. The minimum atomic E-state index is -0.475. The van der Waals surface area contributed by atoms with Gasteiger partial charge in [0.15, 0.2) is 0 Å². The fraction of sp³-hybridized carbons (Fsp3) is 0.421. The van der Waals surface area contributed by atoms with E-state index < -0.39 is 11.7 Å². The second-order valence-corrected chi connectivity index (χ2v) is 8.44. The monoisotopic (exact) mass is 536 g/mol. The second kappa shape index (κ2) is 12.4. The Morgan fingerprint density at radius 2 is 1.50 bits per heavy atom. The van der Waals surface area contributed by atoms with Crippen LogP contribution in [0.3, 0.4) is 0 Å². The van der Waals surface area contributed by atoms with Gasteiger partial charge >= 0.3 is 6.09 Å². The van der Waals surface area contributed by atoms with E-state index in [1.54, 1.807) is 0 Å². The molecule has 0 unspecified atom stereocenters. The molecule has 2 aromatic heterocycles. The van der Waals surface area contributed by atoms with E-state index >= 15 is 0 Å². The van der Waals surface area contributed by atoms with Crippen molar-refractivity contribution in [3.8, 4) is 0 Å². The Kier molecular flexibility index (Phi) is 11.8. The summed E-state index contributed by atoms with van der Waals surface area (Å²) in [6, 6.07) is 7.64. The summed E-state index contributed by atoms with van der Waals surface area (Å²) in [5, 5.41) is 2.70. The molecule has 156 valence electrons. The Hall–Kier alpha value is -1.22. The molecule has 0 radical (unpaired) electrons. The van der Waals surface area contributed by atoms with Crippen molar-refractivity contribution < 1.29 is 9.53 Å². The van der Waals surface area contributed by atoms with E-state index in [-0.39, 0.29) is 12.4 Å². The maximum atomic E-state index is 11.4. The van der Waals surface area contributed by atoms with Crippen LogP contribution in [0.25, 0.3) is 0 Å². The lowest BCUT2D eigenvalue weighted by Crippen LogP contribution is -2.32. The van der Waals surface area contributed by atoms with E-state index in [1.165, 1.54) is 0 Å². The maximum absolute atomic E-state index is 11.4. The maximum Gasteiger partial charge on any atom is 0.407 e. The van der Waals surface area contributed by atoms with Crippen molar-refractivity contribution in [1.82, 2.24) is 15.3 Å². The normalized spacial score (nSPS) is 10.3. The van der Waals surface area contributed by atoms with Crippen LogP contribution in [0.1, 0.15) is 43.3 Å². The van der Waals surface area contributed by atoms with Crippen LogP contribution >= 0.6 is 44.3 Å². The third-order valence-electron chi connectivity index (χ3n) is 3.36. The Morgan fingerprint density at radius 3 is 1.89 bits per heavy atom. The highest BCUT2D eigenvalue weighted by Crippen LogP contribution is 2.12. The number of aromatic nitrogens is 2. The molecule has 0 saturated heterocycles. The van der Waals surface area contributed by atoms with Crippen molar-refractivity contribution in [2.75, 3.05) is 0 Å². The summed E-state index contributed by atoms with van der Waals surface area (Å²) in [6.07, 6.45) is -0.417. The van der Waals surface area contributed by atoms with E-state index in [1.807, 2.05) is 58.9 Å². The van der Waals surface area contributed by atoms with Gasteiger partial charge in [0.25, 0.3) is 0 Å². The van der Waals surface area contributed by atoms with E-state index in [4.69, 9.17) is 10.5 Å². The number of nitrogens with zero attached hydrogens (tertiary/aromatic N) is 2. The Labute approximate surface area is 189 Å². The van der Waals surface area contributed by atoms with Crippen LogP contribution < -0.4 is 11.1 Å². The highest BCUT2D eigenvalue weighted by atomic mass is 79.9. The summed E-state index contributed by atoms with van der Waals surface area (Å²) >= 11 is 6.57. The van der Waals surface area contributed by atoms with Crippen molar-refractivity contribution in [3.63, 3.8) is 0 Å². The number of halogens is 3. The van der Waals surface area contributed by atoms with Gasteiger partial charge in [0.05, 0.1) is 0 Å². The van der Waals surface area contributed by atoms with Gasteiger partial charge in [-0.1, -0.05) is 12.1 Å². The van der Waals surface area contributed by atoms with Crippen LogP contribution in [0.4, 0.5) is 4.79 Å². The molecule has 3 N–H and O–H groups in total. The summed E-state index contributed by atoms with van der Waals surface area (Å²) in [5.41, 5.74) is 8.92. The Morgan fingerprint density at radius 1 is 1.04 bits per heavy atom. The van der Waals surface area contributed by atoms with Crippen LogP contribution in [0.15, 0.2) is 33.5 Å². The van der Waals surface area contributed by atoms with Crippen LogP contribution in [0.2, 0.25) is 0 Å². The standard InChI is InChI=1S/C12H17BrN2O2.C7H9BrN2.ClH/c1-8-9(5-6-10(13)15-8)7-14-11(16)17-12(2,3)4;1-5-6(4-9)2-3-7(8)10-5;/h5-6H,7H2,1-4H3,(H,14,16);2-3H,4,9H2,1H3;1H. The molecule has 0 aliphatic carbocycles. The number of hydrogen-bond donors (Lipinski definition) is 2. The molecule has 0 saturated carbocycles. The largest absolute Gasteiger partial charge is 0.444 e. The first kappa shape index (κ1) is 26.8. The molecule has 2 heterocycles. The molecule has 0 atom stereocenters. The highest BCUT2D eigenvalue weighted by Gasteiger charge is 2.15. The molecule has 0 aromatic carbocycles.